The van der Waals surface area contributed by atoms with E-state index in [0.717, 1.165) is 23.6 Å². The highest BCUT2D eigenvalue weighted by atomic mass is 19.4. The molecule has 1 saturated heterocycles. The van der Waals surface area contributed by atoms with Crippen molar-refractivity contribution in [2.24, 2.45) is 0 Å². The fourth-order valence-electron chi connectivity index (χ4n) is 3.55. The number of anilines is 1. The van der Waals surface area contributed by atoms with Crippen LogP contribution in [0, 0.1) is 6.92 Å². The summed E-state index contributed by atoms with van der Waals surface area (Å²) in [6, 6.07) is 11.8. The van der Waals surface area contributed by atoms with Crippen LogP contribution >= 0.6 is 0 Å². The quantitative estimate of drug-likeness (QED) is 0.707. The second-order valence-electron chi connectivity index (χ2n) is 7.20. The maximum absolute atomic E-state index is 12.7. The van der Waals surface area contributed by atoms with Crippen molar-refractivity contribution in [1.82, 2.24) is 20.1 Å². The number of amides is 1. The minimum atomic E-state index is -4.41. The number of halogens is 3. The third kappa shape index (κ3) is 4.00. The summed E-state index contributed by atoms with van der Waals surface area (Å²) in [5.74, 6) is 0.245. The molecule has 3 aromatic rings. The number of para-hydroxylation sites is 1. The van der Waals surface area contributed by atoms with E-state index in [1.54, 1.807) is 10.9 Å². The zero-order valence-corrected chi connectivity index (χ0v) is 16.2. The molecule has 0 radical (unpaired) electrons. The predicted octanol–water partition coefficient (Wildman–Crippen LogP) is 3.60. The van der Waals surface area contributed by atoms with Crippen LogP contribution in [0.1, 0.15) is 28.0 Å². The lowest BCUT2D eigenvalue weighted by atomic mass is 10.2. The molecule has 1 amide bonds. The number of nitrogens with one attached hydrogen (secondary N) is 1. The van der Waals surface area contributed by atoms with Gasteiger partial charge in [-0.1, -0.05) is 18.2 Å². The van der Waals surface area contributed by atoms with E-state index in [4.69, 9.17) is 0 Å². The van der Waals surface area contributed by atoms with Crippen LogP contribution in [0.15, 0.2) is 54.9 Å². The van der Waals surface area contributed by atoms with Gasteiger partial charge in [0, 0.05) is 25.3 Å². The van der Waals surface area contributed by atoms with Crippen molar-refractivity contribution >= 4 is 11.7 Å². The molecule has 6 nitrogen and oxygen atoms in total. The molecule has 156 valence electrons. The highest BCUT2D eigenvalue weighted by Crippen LogP contribution is 2.30. The number of pyridine rings is 1. The van der Waals surface area contributed by atoms with Crippen LogP contribution in [0.25, 0.3) is 5.69 Å². The lowest BCUT2D eigenvalue weighted by Crippen LogP contribution is -2.37. The molecule has 1 aliphatic rings. The highest BCUT2D eigenvalue weighted by molar-refractivity contribution is 5.95. The van der Waals surface area contributed by atoms with E-state index in [9.17, 15) is 18.0 Å². The van der Waals surface area contributed by atoms with Gasteiger partial charge in [0.1, 0.15) is 5.82 Å². The summed E-state index contributed by atoms with van der Waals surface area (Å²) in [7, 11) is 0. The number of aromatic nitrogens is 3. The second-order valence-corrected chi connectivity index (χ2v) is 7.20. The fraction of sp³-hybridized carbons (Fsp3) is 0.286. The molecular weight excluding hydrogens is 395 g/mol. The van der Waals surface area contributed by atoms with E-state index in [1.165, 1.54) is 6.07 Å². The van der Waals surface area contributed by atoms with E-state index in [1.807, 2.05) is 42.2 Å². The Bertz CT molecular complexity index is 1030. The van der Waals surface area contributed by atoms with Gasteiger partial charge in [-0.3, -0.25) is 4.79 Å². The summed E-state index contributed by atoms with van der Waals surface area (Å²) < 4.78 is 39.8. The van der Waals surface area contributed by atoms with E-state index < -0.39 is 11.7 Å². The second kappa shape index (κ2) is 7.81. The monoisotopic (exact) mass is 415 g/mol. The minimum Gasteiger partial charge on any atom is -0.354 e. The Labute approximate surface area is 171 Å². The van der Waals surface area contributed by atoms with Gasteiger partial charge in [-0.25, -0.2) is 9.67 Å². The van der Waals surface area contributed by atoms with Crippen LogP contribution in [0.2, 0.25) is 0 Å². The van der Waals surface area contributed by atoms with E-state index in [0.29, 0.717) is 30.9 Å². The smallest absolute Gasteiger partial charge is 0.354 e. The number of carbonyl (C=O) groups excluding carboxylic acids is 1. The Morgan fingerprint density at radius 1 is 1.13 bits per heavy atom. The molecule has 1 N–H and O–H groups in total. The van der Waals surface area contributed by atoms with Gasteiger partial charge < -0.3 is 10.2 Å². The summed E-state index contributed by atoms with van der Waals surface area (Å²) in [4.78, 5) is 18.5. The number of hydrogen-bond acceptors (Lipinski definition) is 4. The Morgan fingerprint density at radius 2 is 1.90 bits per heavy atom. The van der Waals surface area contributed by atoms with Gasteiger partial charge in [0.15, 0.2) is 0 Å². The van der Waals surface area contributed by atoms with Gasteiger partial charge in [0.05, 0.1) is 28.7 Å². The average molecular weight is 415 g/mol. The number of hydrogen-bond donors (Lipinski definition) is 1. The average Bonchev–Trinajstić information content (AvgIpc) is 3.35. The third-order valence-electron chi connectivity index (χ3n) is 5.18. The molecule has 0 saturated carbocycles. The minimum absolute atomic E-state index is 0.124. The van der Waals surface area contributed by atoms with E-state index >= 15 is 0 Å². The van der Waals surface area contributed by atoms with Crippen LogP contribution in [-0.4, -0.2) is 39.8 Å². The molecule has 0 bridgehead atoms. The van der Waals surface area contributed by atoms with Gasteiger partial charge in [0.2, 0.25) is 0 Å². The van der Waals surface area contributed by atoms with Crippen molar-refractivity contribution in [3.8, 4) is 5.69 Å². The summed E-state index contributed by atoms with van der Waals surface area (Å²) in [5, 5.41) is 7.31. The lowest BCUT2D eigenvalue weighted by molar-refractivity contribution is -0.137. The number of benzene rings is 1. The summed E-state index contributed by atoms with van der Waals surface area (Å²) in [5.41, 5.74) is 1.32. The van der Waals surface area contributed by atoms with Crippen LogP contribution in [0.3, 0.4) is 0 Å². The molecule has 1 aromatic carbocycles. The zero-order valence-electron chi connectivity index (χ0n) is 16.2. The van der Waals surface area contributed by atoms with Crippen molar-refractivity contribution < 1.29 is 18.0 Å². The van der Waals surface area contributed by atoms with E-state index in [-0.39, 0.29) is 11.9 Å². The maximum atomic E-state index is 12.7. The number of rotatable bonds is 4. The third-order valence-corrected chi connectivity index (χ3v) is 5.18. The molecule has 4 rings (SSSR count). The summed E-state index contributed by atoms with van der Waals surface area (Å²) in [6.45, 7) is 2.92. The van der Waals surface area contributed by atoms with Crippen LogP contribution < -0.4 is 10.2 Å². The number of carbonyl (C=O) groups is 1. The number of nitrogens with zero attached hydrogens (tertiary/aromatic N) is 4. The molecule has 0 spiro atoms. The Hall–Kier alpha value is -3.36. The van der Waals surface area contributed by atoms with Gasteiger partial charge in [-0.05, 0) is 37.6 Å². The Balaban J connectivity index is 1.40. The van der Waals surface area contributed by atoms with E-state index in [2.05, 4.69) is 15.4 Å². The van der Waals surface area contributed by atoms with Crippen molar-refractivity contribution in [3.05, 3.63) is 71.7 Å². The maximum Gasteiger partial charge on any atom is 0.417 e. The molecule has 0 aliphatic carbocycles. The first-order valence-corrected chi connectivity index (χ1v) is 9.52. The molecule has 9 heteroatoms. The van der Waals surface area contributed by atoms with Crippen LogP contribution in [-0.2, 0) is 6.18 Å². The largest absolute Gasteiger partial charge is 0.417 e. The summed E-state index contributed by atoms with van der Waals surface area (Å²) >= 11 is 0. The van der Waals surface area contributed by atoms with Crippen molar-refractivity contribution in [1.29, 1.82) is 0 Å². The highest BCUT2D eigenvalue weighted by Gasteiger charge is 2.32. The standard InChI is InChI=1S/C21H20F3N5O/c1-14-18(12-26-29(14)17-5-3-2-4-6-17)20(30)27-16-9-10-28(13-16)19-8-7-15(11-25-19)21(22,23)24/h2-8,11-12,16H,9-10,13H2,1H3,(H,27,30)/t16-/m0/s1. The molecule has 30 heavy (non-hydrogen) atoms. The van der Waals surface area contributed by atoms with Gasteiger partial charge in [-0.15, -0.1) is 0 Å². The fourth-order valence-corrected chi connectivity index (χ4v) is 3.55. The first-order valence-electron chi connectivity index (χ1n) is 9.52. The lowest BCUT2D eigenvalue weighted by Gasteiger charge is -2.18. The van der Waals surface area contributed by atoms with Crippen molar-refractivity contribution in [3.63, 3.8) is 0 Å². The molecule has 2 aromatic heterocycles. The molecule has 1 aliphatic heterocycles. The van der Waals surface area contributed by atoms with Crippen molar-refractivity contribution in [2.75, 3.05) is 18.0 Å². The van der Waals surface area contributed by atoms with Crippen LogP contribution in [0.4, 0.5) is 19.0 Å². The zero-order chi connectivity index (χ0) is 21.3. The molecule has 3 heterocycles. The van der Waals surface area contributed by atoms with Gasteiger partial charge in [-0.2, -0.15) is 18.3 Å². The Morgan fingerprint density at radius 3 is 2.57 bits per heavy atom. The first kappa shape index (κ1) is 19.9. The van der Waals surface area contributed by atoms with Gasteiger partial charge in [0.25, 0.3) is 5.91 Å². The van der Waals surface area contributed by atoms with Crippen molar-refractivity contribution in [2.45, 2.75) is 25.6 Å². The number of alkyl halides is 3. The molecule has 1 atom stereocenters. The van der Waals surface area contributed by atoms with Crippen LogP contribution in [0.5, 0.6) is 0 Å². The first-order chi connectivity index (χ1) is 14.3. The van der Waals surface area contributed by atoms with Gasteiger partial charge >= 0.3 is 6.18 Å². The molecular formula is C21H20F3N5O. The summed E-state index contributed by atoms with van der Waals surface area (Å²) in [6.07, 6.45) is -1.35. The predicted molar refractivity (Wildman–Crippen MR) is 106 cm³/mol. The topological polar surface area (TPSA) is 63.1 Å². The normalized spacial score (nSPS) is 16.7. The molecule has 0 unspecified atom stereocenters. The Kier molecular flexibility index (Phi) is 5.19. The molecule has 1 fully saturated rings. The SMILES string of the molecule is Cc1c(C(=O)N[C@H]2CCN(c3ccc(C(F)(F)F)cn3)C2)cnn1-c1ccccc1.